The maximum Gasteiger partial charge on any atom is 0.338 e. The summed E-state index contributed by atoms with van der Waals surface area (Å²) in [4.78, 5) is 10.3. The van der Waals surface area contributed by atoms with Crippen molar-refractivity contribution in [2.75, 3.05) is 4.72 Å². The lowest BCUT2D eigenvalue weighted by Gasteiger charge is -2.09. The Morgan fingerprint density at radius 2 is 2.14 bits per heavy atom. The second-order valence-corrected chi connectivity index (χ2v) is 6.13. The third-order valence-corrected chi connectivity index (χ3v) is 4.34. The summed E-state index contributed by atoms with van der Waals surface area (Å²) in [7, 11) is -2.58. The van der Waals surface area contributed by atoms with Crippen molar-refractivity contribution in [3.8, 4) is 0 Å². The van der Waals surface area contributed by atoms with E-state index in [1.807, 2.05) is 0 Å². The second-order valence-electron chi connectivity index (χ2n) is 4.08. The highest BCUT2D eigenvalue weighted by Crippen LogP contribution is 2.26. The molecule has 0 spiro atoms. The molecule has 112 valence electrons. The smallest absolute Gasteiger partial charge is 0.338 e. The minimum absolute atomic E-state index is 0.162. The number of sulfonamides is 1. The van der Waals surface area contributed by atoms with Crippen LogP contribution in [0.3, 0.4) is 0 Å². The number of hydrogen-bond acceptors (Lipinski definition) is 4. The van der Waals surface area contributed by atoms with Crippen LogP contribution in [-0.2, 0) is 17.1 Å². The van der Waals surface area contributed by atoms with E-state index in [0.717, 1.165) is 0 Å². The number of carboxylic acid groups (broad SMARTS) is 1. The largest absolute Gasteiger partial charge is 0.478 e. The normalized spacial score (nSPS) is 11.4. The first-order valence-corrected chi connectivity index (χ1v) is 7.30. The Bertz CT molecular complexity index is 819. The number of carboxylic acids is 1. The molecule has 7 nitrogen and oxygen atoms in total. The van der Waals surface area contributed by atoms with Crippen LogP contribution in [0.2, 0.25) is 5.02 Å². The molecule has 0 fully saturated rings. The molecular weight excluding hydrogens is 325 g/mol. The van der Waals surface area contributed by atoms with Crippen LogP contribution in [0, 0.1) is 5.82 Å². The van der Waals surface area contributed by atoms with Gasteiger partial charge in [-0.05, 0) is 12.1 Å². The molecule has 2 rings (SSSR count). The van der Waals surface area contributed by atoms with Gasteiger partial charge in [0.1, 0.15) is 10.7 Å². The van der Waals surface area contributed by atoms with Crippen molar-refractivity contribution in [3.05, 3.63) is 40.9 Å². The van der Waals surface area contributed by atoms with Crippen LogP contribution >= 0.6 is 11.6 Å². The van der Waals surface area contributed by atoms with Gasteiger partial charge >= 0.3 is 5.97 Å². The van der Waals surface area contributed by atoms with Crippen molar-refractivity contribution in [1.82, 2.24) is 9.78 Å². The zero-order valence-electron chi connectivity index (χ0n) is 10.5. The zero-order chi connectivity index (χ0) is 15.8. The van der Waals surface area contributed by atoms with Crippen LogP contribution < -0.4 is 4.72 Å². The highest BCUT2D eigenvalue weighted by molar-refractivity contribution is 7.92. The molecule has 0 radical (unpaired) electrons. The Morgan fingerprint density at radius 1 is 1.48 bits per heavy atom. The number of halogens is 2. The number of aromatic nitrogens is 2. The average Bonchev–Trinajstić information content (AvgIpc) is 2.72. The summed E-state index contributed by atoms with van der Waals surface area (Å²) in [6.07, 6.45) is 2.65. The lowest BCUT2D eigenvalue weighted by atomic mass is 10.2. The summed E-state index contributed by atoms with van der Waals surface area (Å²) in [6, 6.07) is 1.31. The minimum atomic E-state index is -4.17. The number of anilines is 1. The van der Waals surface area contributed by atoms with Gasteiger partial charge in [0.15, 0.2) is 0 Å². The minimum Gasteiger partial charge on any atom is -0.478 e. The second kappa shape index (κ2) is 5.34. The van der Waals surface area contributed by atoms with Gasteiger partial charge in [-0.2, -0.15) is 5.10 Å². The predicted octanol–water partition coefficient (Wildman–Crippen LogP) is 1.71. The van der Waals surface area contributed by atoms with Crippen LogP contribution in [0.1, 0.15) is 10.4 Å². The van der Waals surface area contributed by atoms with E-state index in [9.17, 15) is 17.6 Å². The van der Waals surface area contributed by atoms with E-state index in [1.54, 1.807) is 7.05 Å². The van der Waals surface area contributed by atoms with E-state index >= 15 is 0 Å². The number of carbonyl (C=O) groups is 1. The predicted molar refractivity (Wildman–Crippen MR) is 72.4 cm³/mol. The number of nitrogens with zero attached hydrogens (tertiary/aromatic N) is 2. The standard InChI is InChI=1S/C11H9ClFN3O4S/c1-16-5-6(4-14-16)15-21(19,20)10-2-7(11(17)18)9(13)3-8(10)12/h2-5,15H,1H3,(H,17,18). The van der Waals surface area contributed by atoms with E-state index in [2.05, 4.69) is 9.82 Å². The zero-order valence-corrected chi connectivity index (χ0v) is 12.1. The third-order valence-electron chi connectivity index (χ3n) is 2.50. The van der Waals surface area contributed by atoms with Gasteiger partial charge in [0.05, 0.1) is 22.5 Å². The van der Waals surface area contributed by atoms with Crippen LogP contribution in [0.15, 0.2) is 29.4 Å². The highest BCUT2D eigenvalue weighted by atomic mass is 35.5. The van der Waals surface area contributed by atoms with Crippen molar-refractivity contribution in [2.24, 2.45) is 7.05 Å². The van der Waals surface area contributed by atoms with Gasteiger partial charge in [0.2, 0.25) is 0 Å². The van der Waals surface area contributed by atoms with Gasteiger partial charge in [-0.25, -0.2) is 17.6 Å². The first-order chi connectivity index (χ1) is 9.70. The van der Waals surface area contributed by atoms with E-state index in [0.29, 0.717) is 12.1 Å². The molecule has 1 aromatic heterocycles. The molecule has 0 aliphatic rings. The molecule has 2 N–H and O–H groups in total. The molecule has 1 heterocycles. The van der Waals surface area contributed by atoms with E-state index in [4.69, 9.17) is 16.7 Å². The number of benzene rings is 1. The summed E-state index contributed by atoms with van der Waals surface area (Å²) >= 11 is 5.69. The summed E-state index contributed by atoms with van der Waals surface area (Å²) in [5, 5.41) is 12.2. The molecule has 0 unspecified atom stereocenters. The Labute approximate surface area is 124 Å². The van der Waals surface area contributed by atoms with Crippen LogP contribution in [0.5, 0.6) is 0 Å². The molecule has 10 heteroatoms. The molecule has 0 bridgehead atoms. The Kier molecular flexibility index (Phi) is 3.88. The molecule has 1 aromatic carbocycles. The van der Waals surface area contributed by atoms with Gasteiger partial charge in [0.25, 0.3) is 10.0 Å². The molecule has 0 atom stereocenters. The third kappa shape index (κ3) is 3.14. The van der Waals surface area contributed by atoms with E-state index in [1.165, 1.54) is 17.1 Å². The van der Waals surface area contributed by atoms with Crippen molar-refractivity contribution in [3.63, 3.8) is 0 Å². The first-order valence-electron chi connectivity index (χ1n) is 5.44. The molecule has 2 aromatic rings. The fraction of sp³-hybridized carbons (Fsp3) is 0.0909. The van der Waals surface area contributed by atoms with Crippen LogP contribution in [-0.4, -0.2) is 29.3 Å². The van der Waals surface area contributed by atoms with Crippen molar-refractivity contribution in [1.29, 1.82) is 0 Å². The molecule has 0 saturated heterocycles. The SMILES string of the molecule is Cn1cc(NS(=O)(=O)c2cc(C(=O)O)c(F)cc2Cl)cn1. The molecule has 0 saturated carbocycles. The fourth-order valence-electron chi connectivity index (χ4n) is 1.58. The van der Waals surface area contributed by atoms with Gasteiger partial charge in [-0.3, -0.25) is 9.40 Å². The van der Waals surface area contributed by atoms with E-state index < -0.39 is 37.3 Å². The van der Waals surface area contributed by atoms with Crippen molar-refractivity contribution >= 4 is 33.3 Å². The fourth-order valence-corrected chi connectivity index (χ4v) is 3.15. The lowest BCUT2D eigenvalue weighted by Crippen LogP contribution is -2.15. The summed E-state index contributed by atoms with van der Waals surface area (Å²) in [6.45, 7) is 0. The molecule has 21 heavy (non-hydrogen) atoms. The number of rotatable bonds is 4. The van der Waals surface area contributed by atoms with Gasteiger partial charge < -0.3 is 5.11 Å². The Balaban J connectivity index is 2.49. The van der Waals surface area contributed by atoms with Crippen molar-refractivity contribution in [2.45, 2.75) is 4.90 Å². The number of aromatic carboxylic acids is 1. The van der Waals surface area contributed by atoms with Gasteiger partial charge in [0, 0.05) is 13.2 Å². The number of nitrogens with one attached hydrogen (secondary N) is 1. The first kappa shape index (κ1) is 15.3. The molecule has 0 aliphatic heterocycles. The summed E-state index contributed by atoms with van der Waals surface area (Å²) in [5.74, 6) is -2.71. The number of hydrogen-bond donors (Lipinski definition) is 2. The van der Waals surface area contributed by atoms with Gasteiger partial charge in [-0.15, -0.1) is 0 Å². The van der Waals surface area contributed by atoms with E-state index in [-0.39, 0.29) is 5.69 Å². The molecule has 0 aliphatic carbocycles. The van der Waals surface area contributed by atoms with Gasteiger partial charge in [-0.1, -0.05) is 11.6 Å². The lowest BCUT2D eigenvalue weighted by molar-refractivity contribution is 0.0691. The average molecular weight is 334 g/mol. The maximum absolute atomic E-state index is 13.4. The Hall–Kier alpha value is -2.13. The van der Waals surface area contributed by atoms with Crippen LogP contribution in [0.4, 0.5) is 10.1 Å². The Morgan fingerprint density at radius 3 is 2.67 bits per heavy atom. The topological polar surface area (TPSA) is 101 Å². The number of aryl methyl sites for hydroxylation is 1. The summed E-state index contributed by atoms with van der Waals surface area (Å²) < 4.78 is 41.3. The monoisotopic (exact) mass is 333 g/mol. The molecular formula is C11H9ClFN3O4S. The summed E-state index contributed by atoms with van der Waals surface area (Å²) in [5.41, 5.74) is -0.624. The highest BCUT2D eigenvalue weighted by Gasteiger charge is 2.23. The van der Waals surface area contributed by atoms with Crippen LogP contribution in [0.25, 0.3) is 0 Å². The quantitative estimate of drug-likeness (QED) is 0.887. The van der Waals surface area contributed by atoms with Crippen molar-refractivity contribution < 1.29 is 22.7 Å². The molecule has 0 amide bonds. The maximum atomic E-state index is 13.4.